The zero-order valence-corrected chi connectivity index (χ0v) is 11.1. The van der Waals surface area contributed by atoms with E-state index >= 15 is 0 Å². The highest BCUT2D eigenvalue weighted by Crippen LogP contribution is 2.15. The minimum atomic E-state index is -1.29. The van der Waals surface area contributed by atoms with Crippen molar-refractivity contribution in [1.29, 1.82) is 0 Å². The molecule has 0 saturated heterocycles. The summed E-state index contributed by atoms with van der Waals surface area (Å²) in [7, 11) is 1.69. The van der Waals surface area contributed by atoms with Crippen LogP contribution in [0, 0.1) is 0 Å². The van der Waals surface area contributed by atoms with Gasteiger partial charge in [-0.2, -0.15) is 0 Å². The molecule has 1 unspecified atom stereocenters. The summed E-state index contributed by atoms with van der Waals surface area (Å²) in [5.74, 6) is -1.86. The summed E-state index contributed by atoms with van der Waals surface area (Å²) >= 11 is 0. The average Bonchev–Trinajstić information content (AvgIpc) is 2.35. The molecule has 0 radical (unpaired) electrons. The molecule has 1 aromatic heterocycles. The van der Waals surface area contributed by atoms with Gasteiger partial charge in [0.25, 0.3) is 0 Å². The number of pyridine rings is 1. The number of rotatable bonds is 7. The first-order chi connectivity index (χ1) is 9.40. The van der Waals surface area contributed by atoms with Crippen LogP contribution in [0.15, 0.2) is 17.1 Å². The minimum Gasteiger partial charge on any atom is -0.503 e. The monoisotopic (exact) mass is 286 g/mol. The number of aliphatic hydroxyl groups is 2. The van der Waals surface area contributed by atoms with Gasteiger partial charge in [0.15, 0.2) is 11.8 Å². The Morgan fingerprint density at radius 3 is 2.60 bits per heavy atom. The molecule has 20 heavy (non-hydrogen) atoms. The lowest BCUT2D eigenvalue weighted by molar-refractivity contribution is -0.142. The number of carboxylic acid groups (broad SMARTS) is 1. The molecule has 0 aliphatic rings. The highest BCUT2D eigenvalue weighted by Gasteiger charge is 2.21. The van der Waals surface area contributed by atoms with E-state index < -0.39 is 29.8 Å². The lowest BCUT2D eigenvalue weighted by Gasteiger charge is -2.22. The average molecular weight is 286 g/mol. The fourth-order valence-corrected chi connectivity index (χ4v) is 1.81. The van der Waals surface area contributed by atoms with Crippen molar-refractivity contribution in [3.05, 3.63) is 28.2 Å². The van der Waals surface area contributed by atoms with Gasteiger partial charge in [-0.15, -0.1) is 0 Å². The smallest absolute Gasteiger partial charge is 0.329 e. The number of aliphatic carboxylic acids is 1. The Balaban J connectivity index is 3.23. The van der Waals surface area contributed by atoms with E-state index in [-0.39, 0.29) is 13.2 Å². The first-order valence-electron chi connectivity index (χ1n) is 5.97. The SMILES string of the molecule is CN(CCO)Cc1cc(=O)c(O)cn1C(CO)C(=O)O. The molecule has 1 aromatic rings. The predicted molar refractivity (Wildman–Crippen MR) is 69.5 cm³/mol. The number of aromatic nitrogens is 1. The van der Waals surface area contributed by atoms with Gasteiger partial charge in [0.05, 0.1) is 19.4 Å². The normalized spacial score (nSPS) is 12.6. The van der Waals surface area contributed by atoms with Crippen molar-refractivity contribution in [3.8, 4) is 5.75 Å². The van der Waals surface area contributed by atoms with Crippen molar-refractivity contribution in [2.45, 2.75) is 12.6 Å². The lowest BCUT2D eigenvalue weighted by atomic mass is 10.2. The van der Waals surface area contributed by atoms with Crippen LogP contribution < -0.4 is 5.43 Å². The van der Waals surface area contributed by atoms with Crippen LogP contribution in [0.3, 0.4) is 0 Å². The second kappa shape index (κ2) is 7.04. The Morgan fingerprint density at radius 2 is 2.10 bits per heavy atom. The number of hydrogen-bond acceptors (Lipinski definition) is 6. The third-order valence-corrected chi connectivity index (χ3v) is 2.85. The largest absolute Gasteiger partial charge is 0.503 e. The summed E-state index contributed by atoms with van der Waals surface area (Å²) in [6, 6.07) is -0.173. The third-order valence-electron chi connectivity index (χ3n) is 2.85. The van der Waals surface area contributed by atoms with Crippen LogP contribution in [0.1, 0.15) is 11.7 Å². The molecule has 0 amide bonds. The number of aliphatic hydroxyl groups excluding tert-OH is 2. The molecule has 8 heteroatoms. The van der Waals surface area contributed by atoms with E-state index in [1.54, 1.807) is 11.9 Å². The Hall–Kier alpha value is -1.90. The molecule has 0 saturated carbocycles. The van der Waals surface area contributed by atoms with Crippen LogP contribution in [-0.4, -0.2) is 62.7 Å². The van der Waals surface area contributed by atoms with E-state index in [9.17, 15) is 14.7 Å². The van der Waals surface area contributed by atoms with Crippen molar-refractivity contribution in [2.24, 2.45) is 0 Å². The standard InChI is InChI=1S/C12H18N2O6/c1-13(2-3-15)5-8-4-10(17)11(18)6-14(8)9(7-16)12(19)20/h4,6,9,15-16,18H,2-3,5,7H2,1H3,(H,19,20). The van der Waals surface area contributed by atoms with Gasteiger partial charge in [0.1, 0.15) is 0 Å². The van der Waals surface area contributed by atoms with Crippen molar-refractivity contribution < 1.29 is 25.2 Å². The van der Waals surface area contributed by atoms with Gasteiger partial charge >= 0.3 is 5.97 Å². The quantitative estimate of drug-likeness (QED) is 0.486. The molecule has 8 nitrogen and oxygen atoms in total. The Labute approximate surface area is 115 Å². The molecule has 0 aromatic carbocycles. The number of likely N-dealkylation sites (N-methyl/N-ethyl adjacent to an activating group) is 1. The van der Waals surface area contributed by atoms with Crippen LogP contribution >= 0.6 is 0 Å². The number of hydrogen-bond donors (Lipinski definition) is 4. The van der Waals surface area contributed by atoms with Crippen molar-refractivity contribution >= 4 is 5.97 Å². The van der Waals surface area contributed by atoms with Crippen LogP contribution in [-0.2, 0) is 11.3 Å². The van der Waals surface area contributed by atoms with Crippen molar-refractivity contribution in [3.63, 3.8) is 0 Å². The molecule has 0 aliphatic heterocycles. The van der Waals surface area contributed by atoms with Crippen LogP contribution in [0.2, 0.25) is 0 Å². The predicted octanol–water partition coefficient (Wildman–Crippen LogP) is -1.40. The second-order valence-electron chi connectivity index (χ2n) is 4.42. The summed E-state index contributed by atoms with van der Waals surface area (Å²) in [6.07, 6.45) is 0.999. The summed E-state index contributed by atoms with van der Waals surface area (Å²) in [4.78, 5) is 24.2. The first-order valence-corrected chi connectivity index (χ1v) is 5.97. The Kier molecular flexibility index (Phi) is 5.68. The van der Waals surface area contributed by atoms with E-state index in [4.69, 9.17) is 15.3 Å². The number of nitrogens with zero attached hydrogens (tertiary/aromatic N) is 2. The maximum atomic E-state index is 11.5. The molecule has 4 N–H and O–H groups in total. The molecule has 112 valence electrons. The van der Waals surface area contributed by atoms with Gasteiger partial charge in [-0.05, 0) is 7.05 Å². The van der Waals surface area contributed by atoms with E-state index in [1.807, 2.05) is 0 Å². The van der Waals surface area contributed by atoms with E-state index in [0.29, 0.717) is 12.2 Å². The van der Waals surface area contributed by atoms with Gasteiger partial charge < -0.3 is 25.0 Å². The minimum absolute atomic E-state index is 0.0822. The maximum absolute atomic E-state index is 11.5. The van der Waals surface area contributed by atoms with Crippen LogP contribution in [0.25, 0.3) is 0 Å². The molecule has 1 atom stereocenters. The Bertz CT molecular complexity index is 527. The van der Waals surface area contributed by atoms with Gasteiger partial charge in [-0.3, -0.25) is 9.69 Å². The molecule has 1 rings (SSSR count). The molecular formula is C12H18N2O6. The van der Waals surface area contributed by atoms with Gasteiger partial charge in [0, 0.05) is 24.8 Å². The van der Waals surface area contributed by atoms with Crippen molar-refractivity contribution in [1.82, 2.24) is 9.47 Å². The summed E-state index contributed by atoms with van der Waals surface area (Å²) in [5.41, 5.74) is -0.305. The number of carbonyl (C=O) groups is 1. The van der Waals surface area contributed by atoms with E-state index in [2.05, 4.69) is 0 Å². The fraction of sp³-hybridized carbons (Fsp3) is 0.500. The van der Waals surface area contributed by atoms with Crippen LogP contribution in [0.4, 0.5) is 0 Å². The van der Waals surface area contributed by atoms with Gasteiger partial charge in [-0.25, -0.2) is 4.79 Å². The van der Waals surface area contributed by atoms with Crippen LogP contribution in [0.5, 0.6) is 5.75 Å². The second-order valence-corrected chi connectivity index (χ2v) is 4.42. The molecule has 0 spiro atoms. The molecule has 0 bridgehead atoms. The molecule has 1 heterocycles. The molecular weight excluding hydrogens is 268 g/mol. The molecule has 0 aliphatic carbocycles. The summed E-state index contributed by atoms with van der Waals surface area (Å²) in [5, 5.41) is 36.5. The highest BCUT2D eigenvalue weighted by atomic mass is 16.4. The van der Waals surface area contributed by atoms with Crippen molar-refractivity contribution in [2.75, 3.05) is 26.8 Å². The topological polar surface area (TPSA) is 123 Å². The lowest BCUT2D eigenvalue weighted by Crippen LogP contribution is -2.30. The zero-order valence-electron chi connectivity index (χ0n) is 11.1. The maximum Gasteiger partial charge on any atom is 0.329 e. The van der Waals surface area contributed by atoms with E-state index in [1.165, 1.54) is 0 Å². The number of carboxylic acids is 1. The highest BCUT2D eigenvalue weighted by molar-refractivity contribution is 5.72. The van der Waals surface area contributed by atoms with Gasteiger partial charge in [-0.1, -0.05) is 0 Å². The first kappa shape index (κ1) is 16.2. The molecule has 0 fully saturated rings. The van der Waals surface area contributed by atoms with Gasteiger partial charge in [0.2, 0.25) is 5.43 Å². The summed E-state index contributed by atoms with van der Waals surface area (Å²) < 4.78 is 1.15. The number of aromatic hydroxyl groups is 1. The zero-order chi connectivity index (χ0) is 15.3. The Morgan fingerprint density at radius 1 is 1.45 bits per heavy atom. The summed E-state index contributed by atoms with van der Waals surface area (Å²) in [6.45, 7) is -0.221. The van der Waals surface area contributed by atoms with E-state index in [0.717, 1.165) is 16.8 Å². The fourth-order valence-electron chi connectivity index (χ4n) is 1.81. The third kappa shape index (κ3) is 3.80.